The van der Waals surface area contributed by atoms with Gasteiger partial charge in [0.05, 0.1) is 5.69 Å². The number of aromatic nitrogens is 1. The van der Waals surface area contributed by atoms with Crippen molar-refractivity contribution < 1.29 is 0 Å². The van der Waals surface area contributed by atoms with Gasteiger partial charge in [-0.15, -0.1) is 0 Å². The van der Waals surface area contributed by atoms with Gasteiger partial charge in [0.1, 0.15) is 0 Å². The van der Waals surface area contributed by atoms with Crippen LogP contribution in [0.1, 0.15) is 50.2 Å². The van der Waals surface area contributed by atoms with Crippen LogP contribution in [0, 0.1) is 6.92 Å². The standard InChI is InChI=1S/C19H24N/c1-3-4-5-6-7-8-17-11-14-19(20-15-17)18-12-9-16(2)10-13-18/h9-15H,2-8H2,1H3. The van der Waals surface area contributed by atoms with Crippen LogP contribution in [0.25, 0.3) is 11.3 Å². The highest BCUT2D eigenvalue weighted by Gasteiger charge is 2.00. The molecule has 20 heavy (non-hydrogen) atoms. The molecule has 105 valence electrons. The van der Waals surface area contributed by atoms with E-state index in [0.717, 1.165) is 23.2 Å². The molecule has 0 aliphatic carbocycles. The minimum Gasteiger partial charge on any atom is -0.256 e. The molecular weight excluding hydrogens is 242 g/mol. The van der Waals surface area contributed by atoms with Gasteiger partial charge in [0.2, 0.25) is 0 Å². The number of rotatable bonds is 7. The number of aryl methyl sites for hydroxylation is 1. The second-order valence-corrected chi connectivity index (χ2v) is 5.41. The normalized spacial score (nSPS) is 10.7. The van der Waals surface area contributed by atoms with E-state index < -0.39 is 0 Å². The number of benzene rings is 1. The summed E-state index contributed by atoms with van der Waals surface area (Å²) >= 11 is 0. The first-order chi connectivity index (χ1) is 9.79. The Balaban J connectivity index is 1.88. The Kier molecular flexibility index (Phi) is 5.79. The zero-order chi connectivity index (χ0) is 14.2. The van der Waals surface area contributed by atoms with Gasteiger partial charge in [-0.1, -0.05) is 62.9 Å². The lowest BCUT2D eigenvalue weighted by Crippen LogP contribution is -1.90. The zero-order valence-electron chi connectivity index (χ0n) is 12.4. The first kappa shape index (κ1) is 14.8. The summed E-state index contributed by atoms with van der Waals surface area (Å²) in [5, 5.41) is 0. The van der Waals surface area contributed by atoms with Crippen LogP contribution in [0.3, 0.4) is 0 Å². The van der Waals surface area contributed by atoms with Crippen LogP contribution in [0.15, 0.2) is 42.6 Å². The summed E-state index contributed by atoms with van der Waals surface area (Å²) < 4.78 is 0. The molecule has 1 aromatic carbocycles. The topological polar surface area (TPSA) is 12.9 Å². The van der Waals surface area contributed by atoms with E-state index in [0.29, 0.717) is 0 Å². The summed E-state index contributed by atoms with van der Waals surface area (Å²) in [6.45, 7) is 6.16. The molecule has 0 spiro atoms. The molecule has 1 radical (unpaired) electrons. The van der Waals surface area contributed by atoms with Crippen molar-refractivity contribution in [3.8, 4) is 11.3 Å². The number of hydrogen-bond acceptors (Lipinski definition) is 1. The van der Waals surface area contributed by atoms with Gasteiger partial charge in [-0.2, -0.15) is 0 Å². The molecule has 1 aromatic heterocycles. The van der Waals surface area contributed by atoms with Crippen molar-refractivity contribution in [3.63, 3.8) is 0 Å². The fourth-order valence-electron chi connectivity index (χ4n) is 2.35. The zero-order valence-corrected chi connectivity index (χ0v) is 12.4. The first-order valence-electron chi connectivity index (χ1n) is 7.67. The van der Waals surface area contributed by atoms with Crippen molar-refractivity contribution in [1.29, 1.82) is 0 Å². The van der Waals surface area contributed by atoms with Gasteiger partial charge in [0.25, 0.3) is 0 Å². The van der Waals surface area contributed by atoms with Gasteiger partial charge in [0, 0.05) is 11.8 Å². The first-order valence-corrected chi connectivity index (χ1v) is 7.67. The maximum atomic E-state index is 4.57. The summed E-state index contributed by atoms with van der Waals surface area (Å²) in [5.74, 6) is 0. The summed E-state index contributed by atoms with van der Waals surface area (Å²) in [7, 11) is 0. The molecule has 0 amide bonds. The van der Waals surface area contributed by atoms with E-state index >= 15 is 0 Å². The fourth-order valence-corrected chi connectivity index (χ4v) is 2.35. The highest BCUT2D eigenvalue weighted by molar-refractivity contribution is 5.59. The highest BCUT2D eigenvalue weighted by Crippen LogP contribution is 2.18. The molecule has 0 bridgehead atoms. The van der Waals surface area contributed by atoms with Crippen molar-refractivity contribution in [2.45, 2.75) is 45.4 Å². The summed E-state index contributed by atoms with van der Waals surface area (Å²) in [5.41, 5.74) is 4.59. The molecule has 1 heteroatoms. The van der Waals surface area contributed by atoms with Gasteiger partial charge in [-0.05, 0) is 37.0 Å². The van der Waals surface area contributed by atoms with Crippen molar-refractivity contribution in [3.05, 3.63) is 60.6 Å². The minimum absolute atomic E-state index is 1.04. The summed E-state index contributed by atoms with van der Waals surface area (Å²) in [6, 6.07) is 12.5. The predicted molar refractivity (Wildman–Crippen MR) is 86.6 cm³/mol. The second-order valence-electron chi connectivity index (χ2n) is 5.41. The molecule has 2 aromatic rings. The minimum atomic E-state index is 1.04. The largest absolute Gasteiger partial charge is 0.256 e. The van der Waals surface area contributed by atoms with Gasteiger partial charge in [-0.3, -0.25) is 4.98 Å². The summed E-state index contributed by atoms with van der Waals surface area (Å²) in [4.78, 5) is 4.57. The van der Waals surface area contributed by atoms with Crippen LogP contribution in [0.2, 0.25) is 0 Å². The molecule has 0 fully saturated rings. The molecule has 0 atom stereocenters. The Hall–Kier alpha value is -1.63. The lowest BCUT2D eigenvalue weighted by molar-refractivity contribution is 0.632. The Labute approximate surface area is 123 Å². The maximum absolute atomic E-state index is 4.57. The highest BCUT2D eigenvalue weighted by atomic mass is 14.7. The average Bonchev–Trinajstić information content (AvgIpc) is 2.49. The molecule has 0 aliphatic heterocycles. The third kappa shape index (κ3) is 4.48. The van der Waals surface area contributed by atoms with Crippen LogP contribution in [0.5, 0.6) is 0 Å². The molecule has 0 saturated heterocycles. The van der Waals surface area contributed by atoms with Crippen molar-refractivity contribution in [2.75, 3.05) is 0 Å². The van der Waals surface area contributed by atoms with Crippen molar-refractivity contribution >= 4 is 0 Å². The lowest BCUT2D eigenvalue weighted by atomic mass is 10.1. The molecule has 0 unspecified atom stereocenters. The fraction of sp³-hybridized carbons (Fsp3) is 0.368. The molecule has 0 aliphatic rings. The van der Waals surface area contributed by atoms with E-state index in [1.54, 1.807) is 0 Å². The molecule has 0 N–H and O–H groups in total. The smallest absolute Gasteiger partial charge is 0.0702 e. The maximum Gasteiger partial charge on any atom is 0.0702 e. The molecule has 1 heterocycles. The lowest BCUT2D eigenvalue weighted by Gasteiger charge is -2.04. The van der Waals surface area contributed by atoms with Crippen molar-refractivity contribution in [2.24, 2.45) is 0 Å². The van der Waals surface area contributed by atoms with Gasteiger partial charge < -0.3 is 0 Å². The number of pyridine rings is 1. The third-order valence-electron chi connectivity index (χ3n) is 3.64. The predicted octanol–water partition coefficient (Wildman–Crippen LogP) is 5.44. The van der Waals surface area contributed by atoms with E-state index in [-0.39, 0.29) is 0 Å². The van der Waals surface area contributed by atoms with E-state index in [9.17, 15) is 0 Å². The Morgan fingerprint density at radius 1 is 0.900 bits per heavy atom. The monoisotopic (exact) mass is 266 g/mol. The van der Waals surface area contributed by atoms with Gasteiger partial charge in [-0.25, -0.2) is 0 Å². The van der Waals surface area contributed by atoms with Gasteiger partial charge >= 0.3 is 0 Å². The SMILES string of the molecule is [CH2]c1ccc(-c2ccc(CCCCCCC)cn2)cc1. The van der Waals surface area contributed by atoms with Crippen LogP contribution in [0.4, 0.5) is 0 Å². The number of hydrogen-bond donors (Lipinski definition) is 0. The second kappa shape index (κ2) is 7.84. The molecule has 2 rings (SSSR count). The average molecular weight is 266 g/mol. The van der Waals surface area contributed by atoms with Crippen molar-refractivity contribution in [1.82, 2.24) is 4.98 Å². The number of nitrogens with zero attached hydrogens (tertiary/aromatic N) is 1. The Bertz CT molecular complexity index is 496. The van der Waals surface area contributed by atoms with E-state index in [1.807, 2.05) is 18.3 Å². The van der Waals surface area contributed by atoms with Crippen LogP contribution in [-0.2, 0) is 6.42 Å². The molecule has 0 saturated carbocycles. The van der Waals surface area contributed by atoms with E-state index in [2.05, 4.69) is 43.1 Å². The van der Waals surface area contributed by atoms with Gasteiger partial charge in [0.15, 0.2) is 0 Å². The van der Waals surface area contributed by atoms with E-state index in [4.69, 9.17) is 0 Å². The van der Waals surface area contributed by atoms with E-state index in [1.165, 1.54) is 37.7 Å². The molecular formula is C19H24N. The van der Waals surface area contributed by atoms with Crippen LogP contribution in [-0.4, -0.2) is 4.98 Å². The van der Waals surface area contributed by atoms with Crippen LogP contribution >= 0.6 is 0 Å². The third-order valence-corrected chi connectivity index (χ3v) is 3.64. The Morgan fingerprint density at radius 2 is 1.65 bits per heavy atom. The summed E-state index contributed by atoms with van der Waals surface area (Å²) in [6.07, 6.45) is 9.81. The van der Waals surface area contributed by atoms with Crippen LogP contribution < -0.4 is 0 Å². The number of unbranched alkanes of at least 4 members (excludes halogenated alkanes) is 4. The molecule has 1 nitrogen and oxygen atoms in total. The Morgan fingerprint density at radius 3 is 2.30 bits per heavy atom. The quantitative estimate of drug-likeness (QED) is 0.608.